The van der Waals surface area contributed by atoms with Crippen molar-refractivity contribution in [2.75, 3.05) is 0 Å². The van der Waals surface area contributed by atoms with E-state index in [0.29, 0.717) is 16.9 Å². The van der Waals surface area contributed by atoms with Crippen LogP contribution in [0.25, 0.3) is 27.9 Å². The average Bonchev–Trinajstić information content (AvgIpc) is 2.69. The fourth-order valence-electron chi connectivity index (χ4n) is 3.04. The summed E-state index contributed by atoms with van der Waals surface area (Å²) in [7, 11) is 0. The summed E-state index contributed by atoms with van der Waals surface area (Å²) in [6, 6.07) is 13.7. The van der Waals surface area contributed by atoms with Gasteiger partial charge < -0.3 is 0 Å². The largest absolute Gasteiger partial charge is 0.282 e. The number of nitrogens with zero attached hydrogens (tertiary/aromatic N) is 4. The molecule has 0 aliphatic carbocycles. The highest BCUT2D eigenvalue weighted by Crippen LogP contribution is 2.24. The van der Waals surface area contributed by atoms with Gasteiger partial charge in [-0.3, -0.25) is 4.79 Å². The van der Waals surface area contributed by atoms with E-state index in [9.17, 15) is 13.6 Å². The molecule has 0 unspecified atom stereocenters. The maximum absolute atomic E-state index is 14.2. The van der Waals surface area contributed by atoms with Gasteiger partial charge in [-0.2, -0.15) is 14.9 Å². The number of nitriles is 1. The monoisotopic (exact) mass is 374 g/mol. The van der Waals surface area contributed by atoms with E-state index in [2.05, 4.69) is 16.2 Å². The molecule has 0 fully saturated rings. The highest BCUT2D eigenvalue weighted by Gasteiger charge is 2.17. The molecule has 7 heteroatoms. The lowest BCUT2D eigenvalue weighted by Gasteiger charge is -2.10. The van der Waals surface area contributed by atoms with Crippen LogP contribution in [0.15, 0.2) is 59.5 Å². The second-order valence-corrected chi connectivity index (χ2v) is 6.20. The van der Waals surface area contributed by atoms with Crippen LogP contribution in [0.1, 0.15) is 11.3 Å². The molecule has 2 heterocycles. The predicted molar refractivity (Wildman–Crippen MR) is 99.5 cm³/mol. The van der Waals surface area contributed by atoms with E-state index in [-0.39, 0.29) is 11.1 Å². The van der Waals surface area contributed by atoms with Gasteiger partial charge in [-0.05, 0) is 42.8 Å². The van der Waals surface area contributed by atoms with Crippen LogP contribution >= 0.6 is 0 Å². The average molecular weight is 374 g/mol. The van der Waals surface area contributed by atoms with Crippen LogP contribution in [0.3, 0.4) is 0 Å². The summed E-state index contributed by atoms with van der Waals surface area (Å²) in [4.78, 5) is 17.3. The van der Waals surface area contributed by atoms with Crippen molar-refractivity contribution in [2.24, 2.45) is 0 Å². The number of benzene rings is 2. The number of aromatic nitrogens is 3. The van der Waals surface area contributed by atoms with Crippen molar-refractivity contribution >= 4 is 5.65 Å². The lowest BCUT2D eigenvalue weighted by atomic mass is 10.0. The maximum atomic E-state index is 14.2. The van der Waals surface area contributed by atoms with Gasteiger partial charge in [0, 0.05) is 17.2 Å². The van der Waals surface area contributed by atoms with Gasteiger partial charge in [-0.15, -0.1) is 0 Å². The minimum atomic E-state index is -0.837. The van der Waals surface area contributed by atoms with Crippen LogP contribution in [-0.4, -0.2) is 14.6 Å². The number of aryl methyl sites for hydroxylation is 1. The lowest BCUT2D eigenvalue weighted by molar-refractivity contribution is 0.585. The molecule has 0 aliphatic heterocycles. The Morgan fingerprint density at radius 2 is 1.79 bits per heavy atom. The van der Waals surface area contributed by atoms with Gasteiger partial charge in [-0.1, -0.05) is 12.1 Å². The Bertz CT molecular complexity index is 1320. The first-order chi connectivity index (χ1) is 13.5. The van der Waals surface area contributed by atoms with Gasteiger partial charge in [0.1, 0.15) is 11.6 Å². The lowest BCUT2D eigenvalue weighted by Crippen LogP contribution is -2.21. The highest BCUT2D eigenvalue weighted by molar-refractivity contribution is 5.70. The quantitative estimate of drug-likeness (QED) is 0.534. The molecule has 0 saturated carbocycles. The van der Waals surface area contributed by atoms with E-state index in [1.54, 1.807) is 37.3 Å². The molecule has 4 rings (SSSR count). The van der Waals surface area contributed by atoms with Crippen molar-refractivity contribution in [2.45, 2.75) is 6.92 Å². The molecule has 2 aromatic carbocycles. The highest BCUT2D eigenvalue weighted by atomic mass is 19.1. The first kappa shape index (κ1) is 17.5. The van der Waals surface area contributed by atoms with Gasteiger partial charge in [0.05, 0.1) is 29.1 Å². The Labute approximate surface area is 158 Å². The molecule has 0 saturated heterocycles. The Morgan fingerprint density at radius 1 is 1.04 bits per heavy atom. The van der Waals surface area contributed by atoms with E-state index in [1.165, 1.54) is 12.3 Å². The van der Waals surface area contributed by atoms with E-state index < -0.39 is 17.2 Å². The summed E-state index contributed by atoms with van der Waals surface area (Å²) in [5, 5.41) is 13.1. The molecule has 0 radical (unpaired) electrons. The molecule has 0 spiro atoms. The summed E-state index contributed by atoms with van der Waals surface area (Å²) in [6.07, 6.45) is 1.50. The van der Waals surface area contributed by atoms with Gasteiger partial charge in [0.25, 0.3) is 5.56 Å². The molecule has 0 amide bonds. The van der Waals surface area contributed by atoms with Gasteiger partial charge in [0.2, 0.25) is 0 Å². The molecule has 0 bridgehead atoms. The standard InChI is InChI=1S/C21H12F2N4O/c1-12-20(17-7-6-16(22)9-18(17)23)21(28)27-19(26-12)8-15(11-25-27)14-4-2-13(10-24)3-5-14/h2-9,11H,1H3. The van der Waals surface area contributed by atoms with Crippen molar-refractivity contribution in [1.82, 2.24) is 14.6 Å². The molecule has 28 heavy (non-hydrogen) atoms. The van der Waals surface area contributed by atoms with Crippen LogP contribution < -0.4 is 5.56 Å². The fourth-order valence-corrected chi connectivity index (χ4v) is 3.04. The topological polar surface area (TPSA) is 71.1 Å². The SMILES string of the molecule is Cc1nc2cc(-c3ccc(C#N)cc3)cnn2c(=O)c1-c1ccc(F)cc1F. The Balaban J connectivity index is 1.88. The second kappa shape index (κ2) is 6.67. The van der Waals surface area contributed by atoms with E-state index in [0.717, 1.165) is 27.8 Å². The summed E-state index contributed by atoms with van der Waals surface area (Å²) in [5.74, 6) is -1.56. The van der Waals surface area contributed by atoms with Crippen molar-refractivity contribution in [3.05, 3.63) is 88.0 Å². The zero-order valence-electron chi connectivity index (χ0n) is 14.6. The smallest absolute Gasteiger partial charge is 0.267 e. The summed E-state index contributed by atoms with van der Waals surface area (Å²) < 4.78 is 28.5. The van der Waals surface area contributed by atoms with E-state index in [1.807, 2.05) is 0 Å². The molecule has 0 atom stereocenters. The van der Waals surface area contributed by atoms with E-state index in [4.69, 9.17) is 5.26 Å². The molecular formula is C21H12F2N4O. The molecule has 2 aromatic heterocycles. The minimum Gasteiger partial charge on any atom is -0.267 e. The number of fused-ring (bicyclic) bond motifs is 1. The number of hydrogen-bond donors (Lipinski definition) is 0. The molecule has 5 nitrogen and oxygen atoms in total. The van der Waals surface area contributed by atoms with Crippen LogP contribution in [-0.2, 0) is 0 Å². The van der Waals surface area contributed by atoms with Crippen molar-refractivity contribution in [3.8, 4) is 28.3 Å². The predicted octanol–water partition coefficient (Wildman–Crippen LogP) is 3.88. The summed E-state index contributed by atoms with van der Waals surface area (Å²) >= 11 is 0. The van der Waals surface area contributed by atoms with Crippen LogP contribution in [0.2, 0.25) is 0 Å². The minimum absolute atomic E-state index is 0.0243. The van der Waals surface area contributed by atoms with Gasteiger partial charge >= 0.3 is 0 Å². The van der Waals surface area contributed by atoms with Crippen molar-refractivity contribution in [1.29, 1.82) is 5.26 Å². The molecule has 0 N–H and O–H groups in total. The molecule has 4 aromatic rings. The Kier molecular flexibility index (Phi) is 4.17. The third-order valence-corrected chi connectivity index (χ3v) is 4.41. The number of rotatable bonds is 2. The second-order valence-electron chi connectivity index (χ2n) is 6.20. The zero-order chi connectivity index (χ0) is 19.8. The third kappa shape index (κ3) is 2.91. The van der Waals surface area contributed by atoms with Gasteiger partial charge in [-0.25, -0.2) is 13.8 Å². The Morgan fingerprint density at radius 3 is 2.46 bits per heavy atom. The molecule has 136 valence electrons. The molecular weight excluding hydrogens is 362 g/mol. The van der Waals surface area contributed by atoms with Crippen LogP contribution in [0.4, 0.5) is 8.78 Å². The van der Waals surface area contributed by atoms with Crippen molar-refractivity contribution in [3.63, 3.8) is 0 Å². The first-order valence-corrected chi connectivity index (χ1v) is 8.33. The molecule has 0 aliphatic rings. The fraction of sp³-hybridized carbons (Fsp3) is 0.0476. The zero-order valence-corrected chi connectivity index (χ0v) is 14.6. The number of halogens is 2. The first-order valence-electron chi connectivity index (χ1n) is 8.33. The van der Waals surface area contributed by atoms with Crippen molar-refractivity contribution < 1.29 is 8.78 Å². The van der Waals surface area contributed by atoms with Gasteiger partial charge in [0.15, 0.2) is 5.65 Å². The third-order valence-electron chi connectivity index (χ3n) is 4.41. The van der Waals surface area contributed by atoms with E-state index >= 15 is 0 Å². The van der Waals surface area contributed by atoms with Crippen LogP contribution in [0, 0.1) is 29.9 Å². The Hall–Kier alpha value is -3.92. The summed E-state index contributed by atoms with van der Waals surface area (Å²) in [5.41, 5.74) is 2.15. The number of hydrogen-bond acceptors (Lipinski definition) is 4. The normalized spacial score (nSPS) is 10.8. The maximum Gasteiger partial charge on any atom is 0.282 e. The summed E-state index contributed by atoms with van der Waals surface area (Å²) in [6.45, 7) is 1.59. The van der Waals surface area contributed by atoms with Crippen LogP contribution in [0.5, 0.6) is 0 Å².